The van der Waals surface area contributed by atoms with E-state index < -0.39 is 0 Å². The number of aryl methyl sites for hydroxylation is 1. The van der Waals surface area contributed by atoms with E-state index in [0.29, 0.717) is 0 Å². The molecule has 1 aromatic heterocycles. The summed E-state index contributed by atoms with van der Waals surface area (Å²) in [6.07, 6.45) is 0. The van der Waals surface area contributed by atoms with Crippen molar-refractivity contribution in [3.63, 3.8) is 0 Å². The topological polar surface area (TPSA) is 0 Å². The Bertz CT molecular complexity index is 443. The zero-order valence-electron chi connectivity index (χ0n) is 8.29. The third-order valence-electron chi connectivity index (χ3n) is 2.47. The molecule has 2 rings (SSSR count). The molecule has 0 saturated heterocycles. The van der Waals surface area contributed by atoms with Crippen molar-refractivity contribution in [1.29, 1.82) is 0 Å². The minimum absolute atomic E-state index is 0.246. The van der Waals surface area contributed by atoms with Crippen LogP contribution in [0, 0.1) is 13.8 Å². The Kier molecular flexibility index (Phi) is 2.80. The minimum Gasteiger partial charge on any atom is -0.0781 e. The lowest BCUT2D eigenvalue weighted by Gasteiger charge is -1.99. The molecule has 14 heavy (non-hydrogen) atoms. The Morgan fingerprint density at radius 2 is 1.71 bits per heavy atom. The van der Waals surface area contributed by atoms with Crippen LogP contribution in [0.4, 0.5) is 0 Å². The molecule has 0 spiro atoms. The van der Waals surface area contributed by atoms with Gasteiger partial charge >= 0.3 is 0 Å². The Hall–Kier alpha value is -0.520. The van der Waals surface area contributed by atoms with Crippen LogP contribution in [0.2, 0.25) is 0 Å². The van der Waals surface area contributed by atoms with E-state index >= 15 is 0 Å². The number of rotatable bonds is 1. The smallest absolute Gasteiger partial charge is 0.0444 e. The fourth-order valence-corrected chi connectivity index (χ4v) is 4.80. The van der Waals surface area contributed by atoms with Crippen LogP contribution in [0.15, 0.2) is 40.3 Å². The Morgan fingerprint density at radius 3 is 2.21 bits per heavy atom. The maximum atomic E-state index is 3.70. The summed E-state index contributed by atoms with van der Waals surface area (Å²) in [5.74, 6) is 2.38. The highest BCUT2D eigenvalue weighted by atomic mass is 79.9. The summed E-state index contributed by atoms with van der Waals surface area (Å²) in [5.41, 5.74) is 2.81. The molecule has 2 aromatic rings. The van der Waals surface area contributed by atoms with Gasteiger partial charge in [0, 0.05) is 4.20 Å². The van der Waals surface area contributed by atoms with Crippen LogP contribution in [0.25, 0.3) is 5.30 Å². The van der Waals surface area contributed by atoms with E-state index in [1.807, 2.05) is 0 Å². The lowest BCUT2D eigenvalue weighted by molar-refractivity contribution is 1.39. The Balaban J connectivity index is 2.58. The average Bonchev–Trinajstić information content (AvgIpc) is 2.47. The van der Waals surface area contributed by atoms with Gasteiger partial charge in [0.1, 0.15) is 0 Å². The lowest BCUT2D eigenvalue weighted by atomic mass is 10.2. The van der Waals surface area contributed by atoms with Crippen molar-refractivity contribution in [1.82, 2.24) is 0 Å². The first-order chi connectivity index (χ1) is 6.70. The summed E-state index contributed by atoms with van der Waals surface area (Å²) < 4.78 is 1.37. The van der Waals surface area contributed by atoms with Gasteiger partial charge in [0.2, 0.25) is 0 Å². The van der Waals surface area contributed by atoms with Gasteiger partial charge in [-0.25, -0.2) is 0 Å². The largest absolute Gasteiger partial charge is 0.0781 e. The Morgan fingerprint density at radius 1 is 1.07 bits per heavy atom. The maximum Gasteiger partial charge on any atom is 0.0444 e. The van der Waals surface area contributed by atoms with Gasteiger partial charge in [-0.15, -0.1) is 0 Å². The zero-order chi connectivity index (χ0) is 10.1. The van der Waals surface area contributed by atoms with E-state index in [1.54, 1.807) is 0 Å². The molecule has 72 valence electrons. The molecule has 0 N–H and O–H groups in total. The highest BCUT2D eigenvalue weighted by Crippen LogP contribution is 2.50. The van der Waals surface area contributed by atoms with E-state index in [4.69, 9.17) is 0 Å². The van der Waals surface area contributed by atoms with Gasteiger partial charge in [0.05, 0.1) is 0 Å². The van der Waals surface area contributed by atoms with Crippen LogP contribution in [-0.4, -0.2) is 0 Å². The normalized spacial score (nSPS) is 11.8. The van der Waals surface area contributed by atoms with E-state index in [2.05, 4.69) is 65.9 Å². The molecule has 1 aromatic carbocycles. The van der Waals surface area contributed by atoms with Crippen molar-refractivity contribution in [2.24, 2.45) is 0 Å². The molecule has 0 saturated carbocycles. The van der Waals surface area contributed by atoms with Gasteiger partial charge in [0.15, 0.2) is 0 Å². The van der Waals surface area contributed by atoms with Gasteiger partial charge in [-0.2, -0.15) is 0 Å². The van der Waals surface area contributed by atoms with Gasteiger partial charge in [-0.05, 0) is 52.0 Å². The van der Waals surface area contributed by atoms with Crippen LogP contribution < -0.4 is 0 Å². The molecule has 1 unspecified atom stereocenters. The average molecular weight is 267 g/mol. The van der Waals surface area contributed by atoms with Crippen molar-refractivity contribution >= 4 is 23.5 Å². The van der Waals surface area contributed by atoms with Crippen LogP contribution in [0.3, 0.4) is 0 Å². The molecule has 0 aliphatic carbocycles. The van der Waals surface area contributed by atoms with Gasteiger partial charge in [-0.3, -0.25) is 0 Å². The SMILES string of the molecule is Cc1cp(-c2ccccc2)c(Br)c1C. The second kappa shape index (κ2) is 3.92. The third kappa shape index (κ3) is 1.67. The summed E-state index contributed by atoms with van der Waals surface area (Å²) in [4.78, 5) is 0. The van der Waals surface area contributed by atoms with Crippen LogP contribution in [0.1, 0.15) is 11.1 Å². The predicted octanol–water partition coefficient (Wildman–Crippen LogP) is 5.04. The number of hydrogen-bond donors (Lipinski definition) is 0. The van der Waals surface area contributed by atoms with Gasteiger partial charge < -0.3 is 0 Å². The van der Waals surface area contributed by atoms with E-state index in [0.717, 1.165) is 0 Å². The van der Waals surface area contributed by atoms with Crippen molar-refractivity contribution in [3.8, 4) is 5.30 Å². The summed E-state index contributed by atoms with van der Waals surface area (Å²) >= 11 is 3.70. The highest BCUT2D eigenvalue weighted by Gasteiger charge is 2.08. The first kappa shape index (κ1) is 10.0. The molecule has 0 radical (unpaired) electrons. The van der Waals surface area contributed by atoms with Gasteiger partial charge in [0.25, 0.3) is 0 Å². The van der Waals surface area contributed by atoms with E-state index in [9.17, 15) is 0 Å². The molecule has 2 heteroatoms. The standard InChI is InChI=1S/C12H12BrP/c1-9-8-14(12(13)10(9)2)11-6-4-3-5-7-11/h3-8H,1-2H3. The van der Waals surface area contributed by atoms with Gasteiger partial charge in [-0.1, -0.05) is 37.9 Å². The second-order valence-corrected chi connectivity index (χ2v) is 6.80. The molecule has 0 aliphatic heterocycles. The van der Waals surface area contributed by atoms with Crippen molar-refractivity contribution in [2.45, 2.75) is 13.8 Å². The minimum atomic E-state index is -0.246. The monoisotopic (exact) mass is 266 g/mol. The molecule has 0 nitrogen and oxygen atoms in total. The van der Waals surface area contributed by atoms with Crippen LogP contribution in [0.5, 0.6) is 0 Å². The summed E-state index contributed by atoms with van der Waals surface area (Å²) in [5, 5.41) is 1.42. The van der Waals surface area contributed by atoms with E-state index in [1.165, 1.54) is 20.6 Å². The Labute approximate surface area is 94.2 Å². The zero-order valence-corrected chi connectivity index (χ0v) is 10.8. The molecule has 1 atom stereocenters. The third-order valence-corrected chi connectivity index (χ3v) is 6.47. The molecule has 1 heterocycles. The maximum absolute atomic E-state index is 3.70. The summed E-state index contributed by atoms with van der Waals surface area (Å²) in [6, 6.07) is 10.7. The number of hydrogen-bond acceptors (Lipinski definition) is 0. The van der Waals surface area contributed by atoms with Crippen molar-refractivity contribution < 1.29 is 0 Å². The molecule has 0 amide bonds. The summed E-state index contributed by atoms with van der Waals surface area (Å²) in [7, 11) is -0.246. The van der Waals surface area contributed by atoms with Crippen molar-refractivity contribution in [3.05, 3.63) is 51.5 Å². The fraction of sp³-hybridized carbons (Fsp3) is 0.167. The molecule has 0 aliphatic rings. The molecule has 0 bridgehead atoms. The first-order valence-electron chi connectivity index (χ1n) is 4.59. The number of benzene rings is 1. The number of halogens is 1. The summed E-state index contributed by atoms with van der Waals surface area (Å²) in [6.45, 7) is 4.36. The van der Waals surface area contributed by atoms with Crippen LogP contribution in [-0.2, 0) is 0 Å². The fourth-order valence-electron chi connectivity index (χ4n) is 1.47. The highest BCUT2D eigenvalue weighted by molar-refractivity contribution is 9.11. The predicted molar refractivity (Wildman–Crippen MR) is 67.7 cm³/mol. The first-order valence-corrected chi connectivity index (χ1v) is 6.80. The quantitative estimate of drug-likeness (QED) is 0.678. The molecular formula is C12H12BrP. The molecule has 0 fully saturated rings. The van der Waals surface area contributed by atoms with E-state index in [-0.39, 0.29) is 7.53 Å². The van der Waals surface area contributed by atoms with Crippen molar-refractivity contribution in [2.75, 3.05) is 0 Å². The second-order valence-electron chi connectivity index (χ2n) is 3.43. The van der Waals surface area contributed by atoms with Crippen LogP contribution >= 0.6 is 23.5 Å². The lowest BCUT2D eigenvalue weighted by Crippen LogP contribution is -1.67. The molecular weight excluding hydrogens is 255 g/mol.